The number of rotatable bonds is 4. The molecule has 1 unspecified atom stereocenters. The Morgan fingerprint density at radius 1 is 1.47 bits per heavy atom. The van der Waals surface area contributed by atoms with Crippen molar-refractivity contribution in [3.63, 3.8) is 0 Å². The highest BCUT2D eigenvalue weighted by atomic mass is 32.1. The maximum absolute atomic E-state index is 5.77. The number of benzene rings is 1. The van der Waals surface area contributed by atoms with E-state index in [-0.39, 0.29) is 5.92 Å². The lowest BCUT2D eigenvalue weighted by Gasteiger charge is -2.03. The highest BCUT2D eigenvalue weighted by Gasteiger charge is 2.28. The summed E-state index contributed by atoms with van der Waals surface area (Å²) >= 11 is 1.66. The maximum atomic E-state index is 5.77. The Morgan fingerprint density at radius 2 is 2.32 bits per heavy atom. The van der Waals surface area contributed by atoms with Crippen LogP contribution in [-0.4, -0.2) is 18.7 Å². The summed E-state index contributed by atoms with van der Waals surface area (Å²) in [6.45, 7) is 1.67. The summed E-state index contributed by atoms with van der Waals surface area (Å²) in [7, 11) is 1.67. The number of nitrogens with zero attached hydrogens (tertiary/aromatic N) is 1. The van der Waals surface area contributed by atoms with Crippen molar-refractivity contribution in [3.8, 4) is 5.75 Å². The van der Waals surface area contributed by atoms with Gasteiger partial charge < -0.3 is 15.2 Å². The third-order valence-electron chi connectivity index (χ3n) is 3.26. The molecule has 0 fully saturated rings. The molecule has 100 valence electrons. The van der Waals surface area contributed by atoms with Crippen molar-refractivity contribution in [1.82, 2.24) is 4.98 Å². The van der Waals surface area contributed by atoms with Crippen molar-refractivity contribution >= 4 is 11.3 Å². The molecule has 19 heavy (non-hydrogen) atoms. The largest absolute Gasteiger partial charge is 0.492 e. The fraction of sp³-hybridized carbons (Fsp3) is 0.357. The second-order valence-corrected chi connectivity index (χ2v) is 5.58. The standard InChI is InChI=1S/C14H16N2O2S/c1-17-8-11-13(6-15)19-14(16-11)10-7-18-12-5-3-2-4-9(10)12/h2-5,10H,6-8,15H2,1H3. The lowest BCUT2D eigenvalue weighted by Crippen LogP contribution is -2.02. The molecular weight excluding hydrogens is 260 g/mol. The summed E-state index contributed by atoms with van der Waals surface area (Å²) in [4.78, 5) is 5.78. The normalized spacial score (nSPS) is 17.3. The second kappa shape index (κ2) is 5.28. The topological polar surface area (TPSA) is 57.4 Å². The van der Waals surface area contributed by atoms with Crippen molar-refractivity contribution in [2.24, 2.45) is 5.73 Å². The van der Waals surface area contributed by atoms with Gasteiger partial charge in [0.05, 0.1) is 18.2 Å². The highest BCUT2D eigenvalue weighted by molar-refractivity contribution is 7.11. The van der Waals surface area contributed by atoms with Crippen LogP contribution >= 0.6 is 11.3 Å². The summed E-state index contributed by atoms with van der Waals surface area (Å²) in [5, 5.41) is 1.07. The minimum atomic E-state index is 0.220. The molecule has 0 radical (unpaired) electrons. The van der Waals surface area contributed by atoms with Crippen LogP contribution < -0.4 is 10.5 Å². The van der Waals surface area contributed by atoms with E-state index >= 15 is 0 Å². The van der Waals surface area contributed by atoms with Crippen LogP contribution in [0, 0.1) is 0 Å². The van der Waals surface area contributed by atoms with E-state index in [1.54, 1.807) is 18.4 Å². The van der Waals surface area contributed by atoms with Gasteiger partial charge in [-0.05, 0) is 6.07 Å². The smallest absolute Gasteiger partial charge is 0.123 e. The number of thiazole rings is 1. The lowest BCUT2D eigenvalue weighted by atomic mass is 10.0. The van der Waals surface area contributed by atoms with Crippen LogP contribution in [0.4, 0.5) is 0 Å². The molecule has 0 saturated carbocycles. The molecule has 1 aromatic carbocycles. The van der Waals surface area contributed by atoms with Gasteiger partial charge in [0.1, 0.15) is 17.4 Å². The van der Waals surface area contributed by atoms with Gasteiger partial charge in [0.2, 0.25) is 0 Å². The zero-order chi connectivity index (χ0) is 13.2. The lowest BCUT2D eigenvalue weighted by molar-refractivity contribution is 0.181. The van der Waals surface area contributed by atoms with Gasteiger partial charge in [-0.15, -0.1) is 11.3 Å². The van der Waals surface area contributed by atoms with Gasteiger partial charge >= 0.3 is 0 Å². The number of hydrogen-bond acceptors (Lipinski definition) is 5. The molecule has 2 heterocycles. The van der Waals surface area contributed by atoms with Crippen molar-refractivity contribution in [1.29, 1.82) is 0 Å². The number of fused-ring (bicyclic) bond motifs is 1. The Labute approximate surface area is 116 Å². The molecule has 0 saturated heterocycles. The van der Waals surface area contributed by atoms with Gasteiger partial charge in [0.15, 0.2) is 0 Å². The van der Waals surface area contributed by atoms with E-state index in [2.05, 4.69) is 11.1 Å². The van der Waals surface area contributed by atoms with E-state index in [0.29, 0.717) is 19.8 Å². The van der Waals surface area contributed by atoms with Crippen LogP contribution in [0.5, 0.6) is 5.75 Å². The Balaban J connectivity index is 1.95. The van der Waals surface area contributed by atoms with Crippen molar-refractivity contribution in [3.05, 3.63) is 45.4 Å². The van der Waals surface area contributed by atoms with Crippen molar-refractivity contribution in [2.75, 3.05) is 13.7 Å². The Hall–Kier alpha value is -1.43. The summed E-state index contributed by atoms with van der Waals surface area (Å²) in [6, 6.07) is 8.13. The molecule has 1 aliphatic heterocycles. The molecular formula is C14H16N2O2S. The zero-order valence-electron chi connectivity index (χ0n) is 10.8. The number of para-hydroxylation sites is 1. The molecule has 2 aromatic rings. The van der Waals surface area contributed by atoms with Crippen LogP contribution in [0.3, 0.4) is 0 Å². The van der Waals surface area contributed by atoms with Crippen LogP contribution in [0.25, 0.3) is 0 Å². The van der Waals surface area contributed by atoms with E-state index in [4.69, 9.17) is 15.2 Å². The van der Waals surface area contributed by atoms with Gasteiger partial charge in [-0.3, -0.25) is 0 Å². The average molecular weight is 276 g/mol. The number of ether oxygens (including phenoxy) is 2. The maximum Gasteiger partial charge on any atom is 0.123 e. The van der Waals surface area contributed by atoms with Crippen LogP contribution in [0.2, 0.25) is 0 Å². The molecule has 0 amide bonds. The van der Waals surface area contributed by atoms with E-state index in [0.717, 1.165) is 21.3 Å². The third-order valence-corrected chi connectivity index (χ3v) is 4.49. The fourth-order valence-electron chi connectivity index (χ4n) is 2.33. The predicted molar refractivity (Wildman–Crippen MR) is 74.5 cm³/mol. The molecule has 0 spiro atoms. The van der Waals surface area contributed by atoms with Crippen molar-refractivity contribution < 1.29 is 9.47 Å². The van der Waals surface area contributed by atoms with E-state index in [1.165, 1.54) is 5.56 Å². The van der Waals surface area contributed by atoms with Gasteiger partial charge in [-0.2, -0.15) is 0 Å². The number of nitrogens with two attached hydrogens (primary N) is 1. The molecule has 3 rings (SSSR count). The predicted octanol–water partition coefficient (Wildman–Crippen LogP) is 2.27. The van der Waals surface area contributed by atoms with Crippen LogP contribution in [0.1, 0.15) is 27.1 Å². The average Bonchev–Trinajstić information content (AvgIpc) is 3.02. The van der Waals surface area contributed by atoms with Gasteiger partial charge in [-0.25, -0.2) is 4.98 Å². The Bertz CT molecular complexity index is 583. The van der Waals surface area contributed by atoms with Gasteiger partial charge in [0, 0.05) is 24.1 Å². The summed E-state index contributed by atoms with van der Waals surface area (Å²) in [6.07, 6.45) is 0. The van der Waals surface area contributed by atoms with E-state index in [9.17, 15) is 0 Å². The molecule has 4 nitrogen and oxygen atoms in total. The minimum absolute atomic E-state index is 0.220. The third kappa shape index (κ3) is 2.25. The first kappa shape index (κ1) is 12.6. The molecule has 1 aliphatic rings. The minimum Gasteiger partial charge on any atom is -0.492 e. The number of methoxy groups -OCH3 is 1. The molecule has 0 aliphatic carbocycles. The van der Waals surface area contributed by atoms with Crippen LogP contribution in [-0.2, 0) is 17.9 Å². The molecule has 1 aromatic heterocycles. The monoisotopic (exact) mass is 276 g/mol. The molecule has 1 atom stereocenters. The Morgan fingerprint density at radius 3 is 3.11 bits per heavy atom. The molecule has 2 N–H and O–H groups in total. The second-order valence-electron chi connectivity index (χ2n) is 4.46. The zero-order valence-corrected chi connectivity index (χ0v) is 11.6. The first-order chi connectivity index (χ1) is 9.33. The highest BCUT2D eigenvalue weighted by Crippen LogP contribution is 2.39. The fourth-order valence-corrected chi connectivity index (χ4v) is 3.38. The SMILES string of the molecule is COCc1nc(C2COc3ccccc32)sc1CN. The molecule has 5 heteroatoms. The molecule has 0 bridgehead atoms. The number of hydrogen-bond donors (Lipinski definition) is 1. The summed E-state index contributed by atoms with van der Waals surface area (Å²) < 4.78 is 10.9. The van der Waals surface area contributed by atoms with Gasteiger partial charge in [-0.1, -0.05) is 18.2 Å². The quantitative estimate of drug-likeness (QED) is 0.930. The van der Waals surface area contributed by atoms with Crippen LogP contribution in [0.15, 0.2) is 24.3 Å². The number of aromatic nitrogens is 1. The Kier molecular flexibility index (Phi) is 3.50. The van der Waals surface area contributed by atoms with E-state index in [1.807, 2.05) is 18.2 Å². The first-order valence-electron chi connectivity index (χ1n) is 6.22. The van der Waals surface area contributed by atoms with Crippen molar-refractivity contribution in [2.45, 2.75) is 19.1 Å². The summed E-state index contributed by atoms with van der Waals surface area (Å²) in [5.74, 6) is 1.18. The first-order valence-corrected chi connectivity index (χ1v) is 7.04. The summed E-state index contributed by atoms with van der Waals surface area (Å²) in [5.41, 5.74) is 7.94. The van der Waals surface area contributed by atoms with Gasteiger partial charge in [0.25, 0.3) is 0 Å². The van der Waals surface area contributed by atoms with E-state index < -0.39 is 0 Å².